The van der Waals surface area contributed by atoms with E-state index < -0.39 is 0 Å². The average Bonchev–Trinajstić information content (AvgIpc) is 3.23. The van der Waals surface area contributed by atoms with Crippen LogP contribution in [0.25, 0.3) is 0 Å². The Kier molecular flexibility index (Phi) is 5.00. The molecule has 0 amide bonds. The number of aliphatic hydroxyl groups is 1. The first-order valence-corrected chi connectivity index (χ1v) is 7.62. The first kappa shape index (κ1) is 14.5. The summed E-state index contributed by atoms with van der Waals surface area (Å²) in [7, 11) is 0. The largest absolute Gasteiger partial charge is 0.387 e. The third-order valence-corrected chi connectivity index (χ3v) is 3.94. The lowest BCUT2D eigenvalue weighted by Gasteiger charge is -2.36. The number of hydrogen-bond acceptors (Lipinski definition) is 2. The van der Waals surface area contributed by atoms with Gasteiger partial charge in [-0.15, -0.1) is 0 Å². The van der Waals surface area contributed by atoms with Crippen LogP contribution in [0.1, 0.15) is 51.7 Å². The van der Waals surface area contributed by atoms with E-state index in [2.05, 4.69) is 25.7 Å². The Morgan fingerprint density at radius 1 is 1.21 bits per heavy atom. The van der Waals surface area contributed by atoms with Crippen molar-refractivity contribution in [3.8, 4) is 0 Å². The van der Waals surface area contributed by atoms with E-state index in [-0.39, 0.29) is 12.1 Å². The predicted molar refractivity (Wildman–Crippen MR) is 80.0 cm³/mol. The molecule has 1 aromatic carbocycles. The zero-order valence-electron chi connectivity index (χ0n) is 12.4. The predicted octanol–water partition coefficient (Wildman–Crippen LogP) is 3.62. The molecule has 2 rings (SSSR count). The molecular weight excluding hydrogens is 234 g/mol. The van der Waals surface area contributed by atoms with E-state index in [1.165, 1.54) is 12.8 Å². The van der Waals surface area contributed by atoms with E-state index in [1.807, 2.05) is 30.3 Å². The van der Waals surface area contributed by atoms with E-state index in [0.29, 0.717) is 12.0 Å². The van der Waals surface area contributed by atoms with Crippen LogP contribution >= 0.6 is 0 Å². The number of aliphatic hydroxyl groups excluding tert-OH is 1. The molecule has 2 heteroatoms. The maximum Gasteiger partial charge on any atom is 0.0945 e. The van der Waals surface area contributed by atoms with Crippen molar-refractivity contribution in [1.29, 1.82) is 0 Å². The summed E-state index contributed by atoms with van der Waals surface area (Å²) in [4.78, 5) is 2.54. The first-order valence-electron chi connectivity index (χ1n) is 7.62. The van der Waals surface area contributed by atoms with Gasteiger partial charge in [0.2, 0.25) is 0 Å². The van der Waals surface area contributed by atoms with Gasteiger partial charge in [-0.05, 0) is 30.7 Å². The zero-order chi connectivity index (χ0) is 13.8. The van der Waals surface area contributed by atoms with Crippen molar-refractivity contribution in [1.82, 2.24) is 4.90 Å². The van der Waals surface area contributed by atoms with Gasteiger partial charge in [0.05, 0.1) is 6.10 Å². The van der Waals surface area contributed by atoms with Crippen LogP contribution in [0.15, 0.2) is 30.3 Å². The van der Waals surface area contributed by atoms with Gasteiger partial charge in [-0.2, -0.15) is 0 Å². The summed E-state index contributed by atoms with van der Waals surface area (Å²) in [6, 6.07) is 11.0. The Hall–Kier alpha value is -0.860. The molecule has 2 atom stereocenters. The van der Waals surface area contributed by atoms with Gasteiger partial charge in [-0.1, -0.05) is 51.1 Å². The molecule has 2 unspecified atom stereocenters. The van der Waals surface area contributed by atoms with Gasteiger partial charge in [0, 0.05) is 18.6 Å². The molecule has 2 nitrogen and oxygen atoms in total. The Morgan fingerprint density at radius 2 is 1.84 bits per heavy atom. The van der Waals surface area contributed by atoms with E-state index >= 15 is 0 Å². The minimum atomic E-state index is -0.370. The highest BCUT2D eigenvalue weighted by Crippen LogP contribution is 2.34. The maximum absolute atomic E-state index is 10.7. The van der Waals surface area contributed by atoms with Crippen LogP contribution in [0.2, 0.25) is 0 Å². The van der Waals surface area contributed by atoms with Gasteiger partial charge in [0.15, 0.2) is 0 Å². The number of nitrogens with zero attached hydrogens (tertiary/aromatic N) is 1. The smallest absolute Gasteiger partial charge is 0.0945 e. The molecule has 1 aliphatic carbocycles. The highest BCUT2D eigenvalue weighted by Gasteiger charge is 2.36. The zero-order valence-corrected chi connectivity index (χ0v) is 12.4. The molecule has 0 aromatic heterocycles. The normalized spacial score (nSPS) is 18.8. The SMILES string of the molecule is CCC(C(O)c1ccccc1)N(CC(C)C)C1CC1. The lowest BCUT2D eigenvalue weighted by molar-refractivity contribution is 0.0341. The second kappa shape index (κ2) is 6.53. The van der Waals surface area contributed by atoms with Gasteiger partial charge in [0.1, 0.15) is 0 Å². The van der Waals surface area contributed by atoms with Crippen molar-refractivity contribution in [2.75, 3.05) is 6.54 Å². The van der Waals surface area contributed by atoms with Crippen molar-refractivity contribution < 1.29 is 5.11 Å². The molecule has 1 saturated carbocycles. The maximum atomic E-state index is 10.7. The van der Waals surface area contributed by atoms with Crippen molar-refractivity contribution in [2.45, 2.75) is 58.2 Å². The molecule has 0 saturated heterocycles. The summed E-state index contributed by atoms with van der Waals surface area (Å²) >= 11 is 0. The highest BCUT2D eigenvalue weighted by atomic mass is 16.3. The third kappa shape index (κ3) is 3.80. The van der Waals surface area contributed by atoms with Gasteiger partial charge in [-0.3, -0.25) is 4.90 Å². The second-order valence-corrected chi connectivity index (χ2v) is 6.15. The van der Waals surface area contributed by atoms with Crippen molar-refractivity contribution >= 4 is 0 Å². The fraction of sp³-hybridized carbons (Fsp3) is 0.647. The number of hydrogen-bond donors (Lipinski definition) is 1. The Balaban J connectivity index is 2.12. The fourth-order valence-electron chi connectivity index (χ4n) is 2.89. The van der Waals surface area contributed by atoms with Crippen LogP contribution in [-0.4, -0.2) is 28.6 Å². The van der Waals surface area contributed by atoms with Crippen molar-refractivity contribution in [3.05, 3.63) is 35.9 Å². The molecule has 0 aliphatic heterocycles. The van der Waals surface area contributed by atoms with Crippen LogP contribution in [0.3, 0.4) is 0 Å². The van der Waals surface area contributed by atoms with Crippen LogP contribution in [0.5, 0.6) is 0 Å². The molecule has 1 fully saturated rings. The number of benzene rings is 1. The molecular formula is C17H27NO. The Bertz CT molecular complexity index is 372. The fourth-order valence-corrected chi connectivity index (χ4v) is 2.89. The summed E-state index contributed by atoms with van der Waals surface area (Å²) < 4.78 is 0. The molecule has 0 spiro atoms. The molecule has 0 radical (unpaired) electrons. The average molecular weight is 261 g/mol. The molecule has 0 heterocycles. The van der Waals surface area contributed by atoms with Crippen LogP contribution in [-0.2, 0) is 0 Å². The van der Waals surface area contributed by atoms with E-state index in [4.69, 9.17) is 0 Å². The molecule has 1 N–H and O–H groups in total. The summed E-state index contributed by atoms with van der Waals surface area (Å²) in [5.41, 5.74) is 1.05. The third-order valence-electron chi connectivity index (χ3n) is 3.94. The quantitative estimate of drug-likeness (QED) is 0.810. The molecule has 1 aromatic rings. The van der Waals surface area contributed by atoms with Gasteiger partial charge >= 0.3 is 0 Å². The minimum absolute atomic E-state index is 0.247. The van der Waals surface area contributed by atoms with Crippen LogP contribution in [0, 0.1) is 5.92 Å². The lowest BCUT2D eigenvalue weighted by Crippen LogP contribution is -2.43. The summed E-state index contributed by atoms with van der Waals surface area (Å²) in [6.45, 7) is 7.80. The van der Waals surface area contributed by atoms with Crippen LogP contribution < -0.4 is 0 Å². The molecule has 1 aliphatic rings. The van der Waals surface area contributed by atoms with Gasteiger partial charge < -0.3 is 5.11 Å². The molecule has 0 bridgehead atoms. The Morgan fingerprint density at radius 3 is 2.32 bits per heavy atom. The lowest BCUT2D eigenvalue weighted by atomic mass is 9.97. The van der Waals surface area contributed by atoms with E-state index in [9.17, 15) is 5.11 Å². The first-order chi connectivity index (χ1) is 9.13. The Labute approximate surface area is 117 Å². The molecule has 19 heavy (non-hydrogen) atoms. The van der Waals surface area contributed by atoms with Crippen molar-refractivity contribution in [2.24, 2.45) is 5.92 Å². The van der Waals surface area contributed by atoms with Gasteiger partial charge in [0.25, 0.3) is 0 Å². The van der Waals surface area contributed by atoms with Crippen molar-refractivity contribution in [3.63, 3.8) is 0 Å². The molecule has 106 valence electrons. The standard InChI is InChI=1S/C17H27NO/c1-4-16(17(19)14-8-6-5-7-9-14)18(12-13(2)3)15-10-11-15/h5-9,13,15-17,19H,4,10-12H2,1-3H3. The summed E-state index contributed by atoms with van der Waals surface area (Å²) in [6.07, 6.45) is 3.22. The summed E-state index contributed by atoms with van der Waals surface area (Å²) in [5.74, 6) is 0.651. The van der Waals surface area contributed by atoms with Crippen LogP contribution in [0.4, 0.5) is 0 Å². The number of rotatable bonds is 7. The van der Waals surface area contributed by atoms with E-state index in [1.54, 1.807) is 0 Å². The minimum Gasteiger partial charge on any atom is -0.387 e. The topological polar surface area (TPSA) is 23.5 Å². The second-order valence-electron chi connectivity index (χ2n) is 6.15. The van der Waals surface area contributed by atoms with E-state index in [0.717, 1.165) is 18.5 Å². The highest BCUT2D eigenvalue weighted by molar-refractivity contribution is 5.19. The van der Waals surface area contributed by atoms with Gasteiger partial charge in [-0.25, -0.2) is 0 Å². The monoisotopic (exact) mass is 261 g/mol. The summed E-state index contributed by atoms with van der Waals surface area (Å²) in [5, 5.41) is 10.7.